The van der Waals surface area contributed by atoms with Crippen LogP contribution in [-0.2, 0) is 10.0 Å². The number of amides is 1. The van der Waals surface area contributed by atoms with E-state index in [1.54, 1.807) is 24.3 Å². The minimum atomic E-state index is -3.77. The van der Waals surface area contributed by atoms with Crippen molar-refractivity contribution in [1.29, 1.82) is 0 Å². The number of sulfonamides is 1. The third-order valence-electron chi connectivity index (χ3n) is 5.88. The summed E-state index contributed by atoms with van der Waals surface area (Å²) in [5, 5.41) is 3.31. The summed E-state index contributed by atoms with van der Waals surface area (Å²) in [4.78, 5) is 22.2. The van der Waals surface area contributed by atoms with Crippen molar-refractivity contribution in [2.24, 2.45) is 0 Å². The number of benzene rings is 1. The molecule has 0 spiro atoms. The molecule has 2 aliphatic heterocycles. The zero-order chi connectivity index (χ0) is 21.8. The highest BCUT2D eigenvalue weighted by Gasteiger charge is 2.29. The summed E-state index contributed by atoms with van der Waals surface area (Å²) in [6.45, 7) is 5.91. The molecule has 3 heterocycles. The Morgan fingerprint density at radius 3 is 2.58 bits per heavy atom. The fourth-order valence-electron chi connectivity index (χ4n) is 4.17. The quantitative estimate of drug-likeness (QED) is 0.737. The normalized spacial score (nSPS) is 19.8. The molecule has 1 amide bonds. The Morgan fingerprint density at radius 1 is 1.13 bits per heavy atom. The number of carbonyl (C=O) groups is 1. The molecule has 2 N–H and O–H groups in total. The van der Waals surface area contributed by atoms with Gasteiger partial charge < -0.3 is 15.1 Å². The molecule has 166 valence electrons. The molecule has 8 nitrogen and oxygen atoms in total. The van der Waals surface area contributed by atoms with Crippen molar-refractivity contribution in [2.45, 2.75) is 37.1 Å². The molecular weight excluding hydrogens is 414 g/mol. The maximum Gasteiger partial charge on any atom is 0.261 e. The standard InChI is InChI=1S/C22H29N5O3S/c1-17-7-5-6-12-27(17)22(28)20-15-18(16-24-21(20)26-13-10-23-11-14-26)25-31(29,30)19-8-3-2-4-9-19/h2-4,8-9,15-17,23,25H,5-7,10-14H2,1H3/t17-/m0/s1. The van der Waals surface area contributed by atoms with Gasteiger partial charge in [-0.25, -0.2) is 13.4 Å². The van der Waals surface area contributed by atoms with Crippen LogP contribution in [0.25, 0.3) is 0 Å². The first-order valence-corrected chi connectivity index (χ1v) is 12.3. The van der Waals surface area contributed by atoms with Gasteiger partial charge in [0.05, 0.1) is 22.3 Å². The van der Waals surface area contributed by atoms with E-state index in [9.17, 15) is 13.2 Å². The highest BCUT2D eigenvalue weighted by atomic mass is 32.2. The first-order valence-electron chi connectivity index (χ1n) is 10.8. The molecule has 1 atom stereocenters. The molecular formula is C22H29N5O3S. The summed E-state index contributed by atoms with van der Waals surface area (Å²) in [6, 6.07) is 9.97. The Morgan fingerprint density at radius 2 is 1.87 bits per heavy atom. The molecule has 31 heavy (non-hydrogen) atoms. The number of nitrogens with one attached hydrogen (secondary N) is 2. The topological polar surface area (TPSA) is 94.6 Å². The lowest BCUT2D eigenvalue weighted by Gasteiger charge is -2.35. The first-order chi connectivity index (χ1) is 15.0. The van der Waals surface area contributed by atoms with E-state index in [0.29, 0.717) is 17.9 Å². The number of hydrogen-bond donors (Lipinski definition) is 2. The summed E-state index contributed by atoms with van der Waals surface area (Å²) in [5.41, 5.74) is 0.736. The molecule has 4 rings (SSSR count). The molecule has 0 bridgehead atoms. The summed E-state index contributed by atoms with van der Waals surface area (Å²) in [5.74, 6) is 0.529. The first kappa shape index (κ1) is 21.6. The second-order valence-electron chi connectivity index (χ2n) is 8.09. The lowest BCUT2D eigenvalue weighted by Crippen LogP contribution is -2.46. The fraction of sp³-hybridized carbons (Fsp3) is 0.455. The van der Waals surface area contributed by atoms with Crippen molar-refractivity contribution < 1.29 is 13.2 Å². The largest absolute Gasteiger partial charge is 0.353 e. The molecule has 2 aliphatic rings. The molecule has 0 saturated carbocycles. The van der Waals surface area contributed by atoms with Crippen LogP contribution in [0.1, 0.15) is 36.5 Å². The summed E-state index contributed by atoms with van der Waals surface area (Å²) >= 11 is 0. The summed E-state index contributed by atoms with van der Waals surface area (Å²) in [7, 11) is -3.77. The van der Waals surface area contributed by atoms with E-state index in [1.165, 1.54) is 18.3 Å². The molecule has 0 unspecified atom stereocenters. The zero-order valence-electron chi connectivity index (χ0n) is 17.8. The van der Waals surface area contributed by atoms with E-state index >= 15 is 0 Å². The maximum absolute atomic E-state index is 13.5. The van der Waals surface area contributed by atoms with Gasteiger partial charge in [0.2, 0.25) is 0 Å². The second-order valence-corrected chi connectivity index (χ2v) is 9.78. The Hall–Kier alpha value is -2.65. The van der Waals surface area contributed by atoms with Crippen LogP contribution >= 0.6 is 0 Å². The van der Waals surface area contributed by atoms with Crippen molar-refractivity contribution in [1.82, 2.24) is 15.2 Å². The number of nitrogens with zero attached hydrogens (tertiary/aromatic N) is 3. The SMILES string of the molecule is C[C@H]1CCCCN1C(=O)c1cc(NS(=O)(=O)c2ccccc2)cnc1N1CCNCC1. The lowest BCUT2D eigenvalue weighted by molar-refractivity contribution is 0.0636. The molecule has 2 saturated heterocycles. The van der Waals surface area contributed by atoms with E-state index in [1.807, 2.05) is 4.90 Å². The number of anilines is 2. The highest BCUT2D eigenvalue weighted by Crippen LogP contribution is 2.27. The van der Waals surface area contributed by atoms with Crippen LogP contribution in [0.15, 0.2) is 47.5 Å². The van der Waals surface area contributed by atoms with Gasteiger partial charge in [0.25, 0.3) is 15.9 Å². The molecule has 1 aromatic heterocycles. The lowest BCUT2D eigenvalue weighted by atomic mass is 10.0. The second kappa shape index (κ2) is 9.23. The predicted molar refractivity (Wildman–Crippen MR) is 121 cm³/mol. The van der Waals surface area contributed by atoms with Crippen LogP contribution < -0.4 is 14.9 Å². The van der Waals surface area contributed by atoms with Crippen molar-refractivity contribution >= 4 is 27.4 Å². The molecule has 2 aromatic rings. The third kappa shape index (κ3) is 4.83. The summed E-state index contributed by atoms with van der Waals surface area (Å²) in [6.07, 6.45) is 4.56. The average molecular weight is 444 g/mol. The van der Waals surface area contributed by atoms with Crippen LogP contribution in [0.4, 0.5) is 11.5 Å². The number of piperazine rings is 1. The van der Waals surface area contributed by atoms with Crippen molar-refractivity contribution in [3.8, 4) is 0 Å². The van der Waals surface area contributed by atoms with Gasteiger partial charge in [0, 0.05) is 38.8 Å². The Labute approximate surface area is 183 Å². The van der Waals surface area contributed by atoms with Crippen LogP contribution in [0.5, 0.6) is 0 Å². The van der Waals surface area contributed by atoms with Gasteiger partial charge >= 0.3 is 0 Å². The Bertz CT molecular complexity index is 1020. The number of pyridine rings is 1. The number of piperidine rings is 1. The van der Waals surface area contributed by atoms with Crippen molar-refractivity contribution in [3.63, 3.8) is 0 Å². The van der Waals surface area contributed by atoms with Crippen LogP contribution in [0, 0.1) is 0 Å². The summed E-state index contributed by atoms with van der Waals surface area (Å²) < 4.78 is 28.1. The Kier molecular flexibility index (Phi) is 6.43. The molecule has 0 radical (unpaired) electrons. The number of rotatable bonds is 5. The maximum atomic E-state index is 13.5. The van der Waals surface area contributed by atoms with E-state index in [4.69, 9.17) is 0 Å². The predicted octanol–water partition coefficient (Wildman–Crippen LogP) is 2.31. The van der Waals surface area contributed by atoms with Crippen LogP contribution in [0.3, 0.4) is 0 Å². The molecule has 0 aliphatic carbocycles. The van der Waals surface area contributed by atoms with Gasteiger partial charge in [-0.05, 0) is 44.4 Å². The van der Waals surface area contributed by atoms with Gasteiger partial charge in [-0.1, -0.05) is 18.2 Å². The van der Waals surface area contributed by atoms with Gasteiger partial charge in [-0.15, -0.1) is 0 Å². The van der Waals surface area contributed by atoms with E-state index in [0.717, 1.165) is 45.4 Å². The number of hydrogen-bond acceptors (Lipinski definition) is 6. The number of aromatic nitrogens is 1. The average Bonchev–Trinajstić information content (AvgIpc) is 2.80. The van der Waals surface area contributed by atoms with E-state index in [2.05, 4.69) is 26.8 Å². The van der Waals surface area contributed by atoms with Gasteiger partial charge in [-0.3, -0.25) is 9.52 Å². The van der Waals surface area contributed by atoms with Gasteiger partial charge in [-0.2, -0.15) is 0 Å². The minimum absolute atomic E-state index is 0.0889. The van der Waals surface area contributed by atoms with Crippen LogP contribution in [-0.4, -0.2) is 63.0 Å². The third-order valence-corrected chi connectivity index (χ3v) is 7.28. The Balaban J connectivity index is 1.68. The number of carbonyl (C=O) groups excluding carboxylic acids is 1. The van der Waals surface area contributed by atoms with Gasteiger partial charge in [0.1, 0.15) is 5.82 Å². The monoisotopic (exact) mass is 443 g/mol. The van der Waals surface area contributed by atoms with Crippen molar-refractivity contribution in [3.05, 3.63) is 48.2 Å². The smallest absolute Gasteiger partial charge is 0.261 e. The minimum Gasteiger partial charge on any atom is -0.353 e. The fourth-order valence-corrected chi connectivity index (χ4v) is 5.22. The highest BCUT2D eigenvalue weighted by molar-refractivity contribution is 7.92. The van der Waals surface area contributed by atoms with Crippen molar-refractivity contribution in [2.75, 3.05) is 42.3 Å². The van der Waals surface area contributed by atoms with E-state index in [-0.39, 0.29) is 22.5 Å². The number of likely N-dealkylation sites (tertiary alicyclic amines) is 1. The molecule has 1 aromatic carbocycles. The van der Waals surface area contributed by atoms with E-state index < -0.39 is 10.0 Å². The van der Waals surface area contributed by atoms with Crippen LogP contribution in [0.2, 0.25) is 0 Å². The molecule has 2 fully saturated rings. The molecule has 9 heteroatoms. The van der Waals surface area contributed by atoms with Gasteiger partial charge in [0.15, 0.2) is 0 Å². The zero-order valence-corrected chi connectivity index (χ0v) is 18.6.